The summed E-state index contributed by atoms with van der Waals surface area (Å²) in [6.07, 6.45) is 6.49. The molecule has 1 aliphatic heterocycles. The SMILES string of the molecule is O=C(C1CCC1)N1CCC[C@H](n2c(=O)n(Cc3cccc(F)c3)c3cccnc32)C1. The van der Waals surface area contributed by atoms with Gasteiger partial charge < -0.3 is 4.90 Å². The third-order valence-corrected chi connectivity index (χ3v) is 6.48. The number of hydrogen-bond acceptors (Lipinski definition) is 3. The van der Waals surface area contributed by atoms with Gasteiger partial charge in [-0.25, -0.2) is 14.2 Å². The maximum atomic E-state index is 13.7. The van der Waals surface area contributed by atoms with Crippen LogP contribution in [-0.2, 0) is 11.3 Å². The van der Waals surface area contributed by atoms with Gasteiger partial charge in [-0.05, 0) is 55.5 Å². The minimum absolute atomic E-state index is 0.0959. The Morgan fingerprint density at radius 3 is 2.77 bits per heavy atom. The zero-order valence-corrected chi connectivity index (χ0v) is 16.8. The summed E-state index contributed by atoms with van der Waals surface area (Å²) in [6.45, 7) is 1.59. The van der Waals surface area contributed by atoms with E-state index in [1.54, 1.807) is 21.4 Å². The van der Waals surface area contributed by atoms with Crippen LogP contribution in [0.25, 0.3) is 11.2 Å². The molecule has 5 rings (SSSR count). The van der Waals surface area contributed by atoms with E-state index in [2.05, 4.69) is 4.98 Å². The number of rotatable bonds is 4. The Kier molecular flexibility index (Phi) is 4.89. The number of hydrogen-bond donors (Lipinski definition) is 0. The normalized spacial score (nSPS) is 19.8. The van der Waals surface area contributed by atoms with Gasteiger partial charge in [-0.15, -0.1) is 0 Å². The molecule has 1 aromatic carbocycles. The van der Waals surface area contributed by atoms with Gasteiger partial charge >= 0.3 is 5.69 Å². The molecule has 0 bridgehead atoms. The molecule has 2 aromatic heterocycles. The Bertz CT molecular complexity index is 1150. The molecule has 1 atom stereocenters. The number of imidazole rings is 1. The van der Waals surface area contributed by atoms with Gasteiger partial charge in [0.1, 0.15) is 5.82 Å². The monoisotopic (exact) mass is 408 g/mol. The summed E-state index contributed by atoms with van der Waals surface area (Å²) in [5.74, 6) is 0.0724. The number of amides is 1. The van der Waals surface area contributed by atoms with Crippen molar-refractivity contribution in [2.75, 3.05) is 13.1 Å². The molecule has 1 saturated carbocycles. The van der Waals surface area contributed by atoms with Gasteiger partial charge in [0.15, 0.2) is 5.65 Å². The summed E-state index contributed by atoms with van der Waals surface area (Å²) in [5, 5.41) is 0. The molecule has 0 N–H and O–H groups in total. The standard InChI is InChI=1S/C23H25FN4O2/c24-18-8-1-5-16(13-18)14-27-20-10-3-11-25-21(20)28(23(27)30)19-9-4-12-26(15-19)22(29)17-6-2-7-17/h1,3,5,8,10-11,13,17,19H,2,4,6-7,9,12,14-15H2/t19-/m0/s1. The zero-order chi connectivity index (χ0) is 20.7. The van der Waals surface area contributed by atoms with Gasteiger partial charge in [0.25, 0.3) is 0 Å². The second-order valence-electron chi connectivity index (χ2n) is 8.42. The Morgan fingerprint density at radius 2 is 2.00 bits per heavy atom. The first-order valence-corrected chi connectivity index (χ1v) is 10.7. The number of fused-ring (bicyclic) bond motifs is 1. The number of likely N-dealkylation sites (tertiary alicyclic amines) is 1. The van der Waals surface area contributed by atoms with Crippen molar-refractivity contribution in [1.82, 2.24) is 19.0 Å². The first-order chi connectivity index (χ1) is 14.6. The summed E-state index contributed by atoms with van der Waals surface area (Å²) in [4.78, 5) is 32.6. The number of carbonyl (C=O) groups excluding carboxylic acids is 1. The van der Waals surface area contributed by atoms with E-state index in [1.807, 2.05) is 23.1 Å². The van der Waals surface area contributed by atoms with Crippen molar-refractivity contribution in [3.8, 4) is 0 Å². The fourth-order valence-corrected chi connectivity index (χ4v) is 4.69. The molecule has 1 aliphatic carbocycles. The topological polar surface area (TPSA) is 60.1 Å². The van der Waals surface area contributed by atoms with Gasteiger partial charge in [0, 0.05) is 25.2 Å². The molecule has 7 heteroatoms. The first kappa shape index (κ1) is 19.0. The van der Waals surface area contributed by atoms with Crippen molar-refractivity contribution in [2.45, 2.75) is 44.7 Å². The Hall–Kier alpha value is -2.96. The van der Waals surface area contributed by atoms with Crippen molar-refractivity contribution in [3.05, 3.63) is 64.5 Å². The number of nitrogens with zero attached hydrogens (tertiary/aromatic N) is 4. The van der Waals surface area contributed by atoms with Gasteiger partial charge in [-0.2, -0.15) is 0 Å². The average molecular weight is 408 g/mol. The van der Waals surface area contributed by atoms with Gasteiger partial charge in [-0.1, -0.05) is 18.6 Å². The van der Waals surface area contributed by atoms with Crippen LogP contribution in [0.2, 0.25) is 0 Å². The molecule has 0 radical (unpaired) electrons. The van der Waals surface area contributed by atoms with Crippen LogP contribution in [0.1, 0.15) is 43.7 Å². The Balaban J connectivity index is 1.50. The van der Waals surface area contributed by atoms with Crippen LogP contribution < -0.4 is 5.69 Å². The lowest BCUT2D eigenvalue weighted by Gasteiger charge is -2.37. The van der Waals surface area contributed by atoms with E-state index in [-0.39, 0.29) is 35.9 Å². The molecule has 6 nitrogen and oxygen atoms in total. The summed E-state index contributed by atoms with van der Waals surface area (Å²) >= 11 is 0. The van der Waals surface area contributed by atoms with E-state index < -0.39 is 0 Å². The summed E-state index contributed by atoms with van der Waals surface area (Å²) < 4.78 is 17.1. The Morgan fingerprint density at radius 1 is 1.13 bits per heavy atom. The maximum Gasteiger partial charge on any atom is 0.330 e. The minimum Gasteiger partial charge on any atom is -0.340 e. The lowest BCUT2D eigenvalue weighted by atomic mass is 9.84. The molecule has 0 spiro atoms. The Labute approximate surface area is 173 Å². The van der Waals surface area contributed by atoms with Crippen molar-refractivity contribution < 1.29 is 9.18 Å². The summed E-state index contributed by atoms with van der Waals surface area (Å²) in [6, 6.07) is 9.90. The van der Waals surface area contributed by atoms with Crippen LogP contribution in [0.5, 0.6) is 0 Å². The van der Waals surface area contributed by atoms with Crippen LogP contribution in [0, 0.1) is 11.7 Å². The molecule has 156 valence electrons. The fourth-order valence-electron chi connectivity index (χ4n) is 4.69. The number of benzene rings is 1. The predicted molar refractivity (Wildman–Crippen MR) is 112 cm³/mol. The van der Waals surface area contributed by atoms with E-state index in [9.17, 15) is 14.0 Å². The predicted octanol–water partition coefficient (Wildman–Crippen LogP) is 3.35. The molecule has 3 aromatic rings. The molecule has 30 heavy (non-hydrogen) atoms. The van der Waals surface area contributed by atoms with Crippen LogP contribution >= 0.6 is 0 Å². The van der Waals surface area contributed by atoms with Gasteiger partial charge in [0.2, 0.25) is 5.91 Å². The molecule has 2 fully saturated rings. The van der Waals surface area contributed by atoms with Crippen molar-refractivity contribution in [3.63, 3.8) is 0 Å². The van der Waals surface area contributed by atoms with E-state index in [4.69, 9.17) is 0 Å². The zero-order valence-electron chi connectivity index (χ0n) is 16.8. The minimum atomic E-state index is -0.320. The third kappa shape index (κ3) is 3.32. The molecular weight excluding hydrogens is 383 g/mol. The first-order valence-electron chi connectivity index (χ1n) is 10.7. The second-order valence-corrected chi connectivity index (χ2v) is 8.42. The van der Waals surface area contributed by atoms with E-state index >= 15 is 0 Å². The highest BCUT2D eigenvalue weighted by Gasteiger charge is 2.34. The fraction of sp³-hybridized carbons (Fsp3) is 0.435. The average Bonchev–Trinajstić information content (AvgIpc) is 2.98. The van der Waals surface area contributed by atoms with E-state index in [0.29, 0.717) is 12.2 Å². The summed E-state index contributed by atoms with van der Waals surface area (Å²) in [7, 11) is 0. The van der Waals surface area contributed by atoms with E-state index in [1.165, 1.54) is 12.1 Å². The third-order valence-electron chi connectivity index (χ3n) is 6.48. The smallest absolute Gasteiger partial charge is 0.330 e. The molecule has 2 aliphatic rings. The van der Waals surface area contributed by atoms with Crippen LogP contribution in [-0.4, -0.2) is 38.0 Å². The number of pyridine rings is 1. The lowest BCUT2D eigenvalue weighted by molar-refractivity contribution is -0.139. The number of carbonyl (C=O) groups is 1. The van der Waals surface area contributed by atoms with Gasteiger partial charge in [0.05, 0.1) is 18.1 Å². The van der Waals surface area contributed by atoms with Crippen LogP contribution in [0.15, 0.2) is 47.4 Å². The summed E-state index contributed by atoms with van der Waals surface area (Å²) in [5.41, 5.74) is 1.93. The molecule has 1 amide bonds. The lowest BCUT2D eigenvalue weighted by Crippen LogP contribution is -2.46. The maximum absolute atomic E-state index is 13.7. The highest BCUT2D eigenvalue weighted by Crippen LogP contribution is 2.31. The van der Waals surface area contributed by atoms with Crippen molar-refractivity contribution >= 4 is 17.1 Å². The van der Waals surface area contributed by atoms with Gasteiger partial charge in [-0.3, -0.25) is 13.9 Å². The number of piperidine rings is 1. The highest BCUT2D eigenvalue weighted by molar-refractivity contribution is 5.79. The number of halogens is 1. The van der Waals surface area contributed by atoms with Crippen molar-refractivity contribution in [1.29, 1.82) is 0 Å². The highest BCUT2D eigenvalue weighted by atomic mass is 19.1. The molecule has 0 unspecified atom stereocenters. The largest absolute Gasteiger partial charge is 0.340 e. The van der Waals surface area contributed by atoms with E-state index in [0.717, 1.165) is 49.7 Å². The quantitative estimate of drug-likeness (QED) is 0.665. The molecule has 1 saturated heterocycles. The molecular formula is C23H25FN4O2. The second kappa shape index (κ2) is 7.70. The van der Waals surface area contributed by atoms with Crippen molar-refractivity contribution in [2.24, 2.45) is 5.92 Å². The number of aromatic nitrogens is 3. The molecule has 3 heterocycles. The van der Waals surface area contributed by atoms with Crippen LogP contribution in [0.3, 0.4) is 0 Å². The van der Waals surface area contributed by atoms with Crippen LogP contribution in [0.4, 0.5) is 4.39 Å².